The van der Waals surface area contributed by atoms with Gasteiger partial charge in [-0.25, -0.2) is 8.42 Å². The summed E-state index contributed by atoms with van der Waals surface area (Å²) >= 11 is 12.3. The molecule has 7 nitrogen and oxygen atoms in total. The molecule has 0 unspecified atom stereocenters. The van der Waals surface area contributed by atoms with Crippen molar-refractivity contribution >= 4 is 50.7 Å². The molecule has 1 atom stereocenters. The minimum Gasteiger partial charge on any atom is -0.354 e. The van der Waals surface area contributed by atoms with Crippen LogP contribution in [-0.4, -0.2) is 44.3 Å². The van der Waals surface area contributed by atoms with Crippen molar-refractivity contribution in [2.45, 2.75) is 58.0 Å². The van der Waals surface area contributed by atoms with Crippen molar-refractivity contribution in [3.8, 4) is 0 Å². The van der Waals surface area contributed by atoms with Crippen molar-refractivity contribution in [1.29, 1.82) is 0 Å². The van der Waals surface area contributed by atoms with E-state index in [0.717, 1.165) is 21.9 Å². The summed E-state index contributed by atoms with van der Waals surface area (Å²) in [6, 6.07) is 17.5. The second-order valence-electron chi connectivity index (χ2n) is 9.62. The lowest BCUT2D eigenvalue weighted by molar-refractivity contribution is -0.140. The number of nitrogens with zero attached hydrogens (tertiary/aromatic N) is 2. The molecular formula is C30H35Cl2N3O4S. The molecule has 214 valence electrons. The van der Waals surface area contributed by atoms with E-state index >= 15 is 0 Å². The molecule has 0 bridgehead atoms. The van der Waals surface area contributed by atoms with Gasteiger partial charge < -0.3 is 10.2 Å². The zero-order valence-corrected chi connectivity index (χ0v) is 25.5. The summed E-state index contributed by atoms with van der Waals surface area (Å²) in [5, 5.41) is 3.75. The second kappa shape index (κ2) is 14.0. The van der Waals surface area contributed by atoms with Crippen LogP contribution in [0.2, 0.25) is 10.0 Å². The number of benzene rings is 3. The summed E-state index contributed by atoms with van der Waals surface area (Å²) in [6.45, 7) is 7.42. The molecule has 0 aliphatic heterocycles. The first kappa shape index (κ1) is 31.5. The van der Waals surface area contributed by atoms with Gasteiger partial charge in [-0.15, -0.1) is 0 Å². The average molecular weight is 605 g/mol. The Morgan fingerprint density at radius 1 is 0.900 bits per heavy atom. The number of hydrogen-bond acceptors (Lipinski definition) is 4. The summed E-state index contributed by atoms with van der Waals surface area (Å²) < 4.78 is 29.1. The summed E-state index contributed by atoms with van der Waals surface area (Å²) in [6.07, 6.45) is 1.08. The van der Waals surface area contributed by atoms with Gasteiger partial charge in [0.2, 0.25) is 11.8 Å². The number of anilines is 1. The van der Waals surface area contributed by atoms with Crippen molar-refractivity contribution in [3.63, 3.8) is 0 Å². The molecular weight excluding hydrogens is 569 g/mol. The van der Waals surface area contributed by atoms with E-state index in [0.29, 0.717) is 28.6 Å². The third-order valence-electron chi connectivity index (χ3n) is 6.53. The lowest BCUT2D eigenvalue weighted by atomic mass is 10.1. The van der Waals surface area contributed by atoms with Gasteiger partial charge in [-0.1, -0.05) is 72.9 Å². The van der Waals surface area contributed by atoms with Crippen LogP contribution < -0.4 is 9.62 Å². The monoisotopic (exact) mass is 603 g/mol. The normalized spacial score (nSPS) is 12.1. The Kier molecular flexibility index (Phi) is 11.0. The summed E-state index contributed by atoms with van der Waals surface area (Å²) in [5.41, 5.74) is 2.58. The molecule has 0 heterocycles. The van der Waals surface area contributed by atoms with E-state index in [4.69, 9.17) is 23.2 Å². The van der Waals surface area contributed by atoms with E-state index in [9.17, 15) is 18.0 Å². The lowest BCUT2D eigenvalue weighted by Crippen LogP contribution is -2.52. The fourth-order valence-corrected chi connectivity index (χ4v) is 6.04. The molecule has 10 heteroatoms. The van der Waals surface area contributed by atoms with Gasteiger partial charge in [-0.3, -0.25) is 13.9 Å². The standard InChI is InChI=1S/C30H35Cl2N3O4S/c1-5-17-33-30(37)27(6-2)34(19-23-10-13-24(31)14-11-23)29(36)20-35(28-18-25(32)12-9-22(28)4)40(38,39)26-15-7-21(3)8-16-26/h7-16,18,27H,5-6,17,19-20H2,1-4H3,(H,33,37)/t27-/m0/s1. The summed E-state index contributed by atoms with van der Waals surface area (Å²) in [5.74, 6) is -0.818. The molecule has 40 heavy (non-hydrogen) atoms. The van der Waals surface area contributed by atoms with Crippen molar-refractivity contribution in [2.75, 3.05) is 17.4 Å². The Morgan fingerprint density at radius 3 is 2.12 bits per heavy atom. The van der Waals surface area contributed by atoms with Crippen molar-refractivity contribution < 1.29 is 18.0 Å². The molecule has 3 rings (SSSR count). The Hall–Kier alpha value is -3.07. The molecule has 0 fully saturated rings. The molecule has 0 saturated carbocycles. The zero-order valence-electron chi connectivity index (χ0n) is 23.2. The molecule has 0 aliphatic rings. The molecule has 0 aromatic heterocycles. The van der Waals surface area contributed by atoms with Crippen LogP contribution in [0.4, 0.5) is 5.69 Å². The molecule has 0 radical (unpaired) electrons. The van der Waals surface area contributed by atoms with Gasteiger partial charge in [0.25, 0.3) is 10.0 Å². The topological polar surface area (TPSA) is 86.8 Å². The predicted octanol–water partition coefficient (Wildman–Crippen LogP) is 6.14. The molecule has 3 aromatic carbocycles. The number of carbonyl (C=O) groups excluding carboxylic acids is 2. The molecule has 2 amide bonds. The van der Waals surface area contributed by atoms with Crippen molar-refractivity contribution in [3.05, 3.63) is 93.5 Å². The smallest absolute Gasteiger partial charge is 0.264 e. The van der Waals surface area contributed by atoms with Gasteiger partial charge in [-0.05, 0) is 74.2 Å². The second-order valence-corrected chi connectivity index (χ2v) is 12.4. The van der Waals surface area contributed by atoms with Crippen LogP contribution in [0.1, 0.15) is 43.4 Å². The third kappa shape index (κ3) is 7.77. The van der Waals surface area contributed by atoms with Crippen LogP contribution in [0.3, 0.4) is 0 Å². The average Bonchev–Trinajstić information content (AvgIpc) is 2.93. The van der Waals surface area contributed by atoms with Crippen LogP contribution in [0.25, 0.3) is 0 Å². The Morgan fingerprint density at radius 2 is 1.52 bits per heavy atom. The number of amides is 2. The number of halogens is 2. The van der Waals surface area contributed by atoms with Gasteiger partial charge in [-0.2, -0.15) is 0 Å². The van der Waals surface area contributed by atoms with Crippen LogP contribution in [0.15, 0.2) is 71.6 Å². The van der Waals surface area contributed by atoms with Crippen molar-refractivity contribution in [1.82, 2.24) is 10.2 Å². The SMILES string of the molecule is CCCNC(=O)[C@H](CC)N(Cc1ccc(Cl)cc1)C(=O)CN(c1cc(Cl)ccc1C)S(=O)(=O)c1ccc(C)cc1. The van der Waals surface area contributed by atoms with E-state index in [-0.39, 0.29) is 23.0 Å². The molecule has 3 aromatic rings. The van der Waals surface area contributed by atoms with E-state index in [1.165, 1.54) is 23.1 Å². The molecule has 1 N–H and O–H groups in total. The van der Waals surface area contributed by atoms with Gasteiger partial charge in [0.15, 0.2) is 0 Å². The highest BCUT2D eigenvalue weighted by Crippen LogP contribution is 2.30. The number of sulfonamides is 1. The maximum atomic E-state index is 14.1. The highest BCUT2D eigenvalue weighted by molar-refractivity contribution is 7.92. The molecule has 0 spiro atoms. The van der Waals surface area contributed by atoms with Gasteiger partial charge in [0, 0.05) is 23.1 Å². The highest BCUT2D eigenvalue weighted by atomic mass is 35.5. The predicted molar refractivity (Wildman–Crippen MR) is 161 cm³/mol. The highest BCUT2D eigenvalue weighted by Gasteiger charge is 2.34. The van der Waals surface area contributed by atoms with E-state index in [1.54, 1.807) is 55.5 Å². The van der Waals surface area contributed by atoms with E-state index in [1.807, 2.05) is 20.8 Å². The molecule has 0 aliphatic carbocycles. The fraction of sp³-hybridized carbons (Fsp3) is 0.333. The summed E-state index contributed by atoms with van der Waals surface area (Å²) in [7, 11) is -4.17. The van der Waals surface area contributed by atoms with Gasteiger partial charge in [0.1, 0.15) is 12.6 Å². The van der Waals surface area contributed by atoms with Gasteiger partial charge >= 0.3 is 0 Å². The van der Waals surface area contributed by atoms with E-state index < -0.39 is 28.5 Å². The Bertz CT molecular complexity index is 1430. The largest absolute Gasteiger partial charge is 0.354 e. The maximum absolute atomic E-state index is 14.1. The minimum absolute atomic E-state index is 0.0438. The maximum Gasteiger partial charge on any atom is 0.264 e. The Balaban J connectivity index is 2.09. The number of aryl methyl sites for hydroxylation is 2. The number of carbonyl (C=O) groups is 2. The van der Waals surface area contributed by atoms with E-state index in [2.05, 4.69) is 5.32 Å². The first-order valence-corrected chi connectivity index (χ1v) is 15.3. The fourth-order valence-electron chi connectivity index (χ4n) is 4.27. The molecule has 0 saturated heterocycles. The van der Waals surface area contributed by atoms with Gasteiger partial charge in [0.05, 0.1) is 10.6 Å². The third-order valence-corrected chi connectivity index (χ3v) is 8.79. The summed E-state index contributed by atoms with van der Waals surface area (Å²) in [4.78, 5) is 28.7. The first-order valence-electron chi connectivity index (χ1n) is 13.1. The zero-order chi connectivity index (χ0) is 29.4. The quantitative estimate of drug-likeness (QED) is 0.269. The Labute approximate surface area is 247 Å². The lowest BCUT2D eigenvalue weighted by Gasteiger charge is -2.33. The number of hydrogen-bond donors (Lipinski definition) is 1. The number of rotatable bonds is 12. The van der Waals surface area contributed by atoms with Crippen LogP contribution in [-0.2, 0) is 26.2 Å². The first-order chi connectivity index (χ1) is 19.0. The minimum atomic E-state index is -4.17. The van der Waals surface area contributed by atoms with Crippen molar-refractivity contribution in [2.24, 2.45) is 0 Å². The van der Waals surface area contributed by atoms with Crippen LogP contribution in [0, 0.1) is 13.8 Å². The van der Waals surface area contributed by atoms with Crippen LogP contribution >= 0.6 is 23.2 Å². The number of nitrogens with one attached hydrogen (secondary N) is 1. The van der Waals surface area contributed by atoms with Crippen LogP contribution in [0.5, 0.6) is 0 Å².